The molecule has 1 aromatic rings. The van der Waals surface area contributed by atoms with Gasteiger partial charge in [0.2, 0.25) is 0 Å². The molecule has 0 aliphatic heterocycles. The molecule has 0 unspecified atom stereocenters. The van der Waals surface area contributed by atoms with Gasteiger partial charge in [-0.1, -0.05) is 22.9 Å². The SMILES string of the molecule is CCCN(c1cc(Br)cc(C#N)c1)C(C)C. The summed E-state index contributed by atoms with van der Waals surface area (Å²) in [4.78, 5) is 2.31. The Balaban J connectivity index is 3.09. The van der Waals surface area contributed by atoms with Gasteiger partial charge in [-0.3, -0.25) is 0 Å². The van der Waals surface area contributed by atoms with Crippen LogP contribution in [0.2, 0.25) is 0 Å². The summed E-state index contributed by atoms with van der Waals surface area (Å²) >= 11 is 3.44. The fraction of sp³-hybridized carbons (Fsp3) is 0.462. The van der Waals surface area contributed by atoms with E-state index in [-0.39, 0.29) is 0 Å². The van der Waals surface area contributed by atoms with Crippen LogP contribution in [0.25, 0.3) is 0 Å². The standard InChI is InChI=1S/C13H17BrN2/c1-4-5-16(10(2)3)13-7-11(9-15)6-12(14)8-13/h6-8,10H,4-5H2,1-3H3. The highest BCUT2D eigenvalue weighted by Gasteiger charge is 2.10. The van der Waals surface area contributed by atoms with Crippen LogP contribution in [-0.4, -0.2) is 12.6 Å². The highest BCUT2D eigenvalue weighted by Crippen LogP contribution is 2.24. The molecule has 86 valence electrons. The lowest BCUT2D eigenvalue weighted by molar-refractivity contribution is 0.671. The van der Waals surface area contributed by atoms with Crippen molar-refractivity contribution in [1.82, 2.24) is 0 Å². The molecule has 2 nitrogen and oxygen atoms in total. The highest BCUT2D eigenvalue weighted by atomic mass is 79.9. The fourth-order valence-corrected chi connectivity index (χ4v) is 2.21. The van der Waals surface area contributed by atoms with Crippen LogP contribution in [0.4, 0.5) is 5.69 Å². The van der Waals surface area contributed by atoms with Crippen LogP contribution in [0.1, 0.15) is 32.8 Å². The Hall–Kier alpha value is -1.01. The Morgan fingerprint density at radius 3 is 2.56 bits per heavy atom. The van der Waals surface area contributed by atoms with Crippen LogP contribution in [0.5, 0.6) is 0 Å². The van der Waals surface area contributed by atoms with Gasteiger partial charge in [0.15, 0.2) is 0 Å². The lowest BCUT2D eigenvalue weighted by Crippen LogP contribution is -2.31. The molecule has 1 rings (SSSR count). The summed E-state index contributed by atoms with van der Waals surface area (Å²) in [6.07, 6.45) is 1.10. The lowest BCUT2D eigenvalue weighted by Gasteiger charge is -2.29. The summed E-state index contributed by atoms with van der Waals surface area (Å²) in [6, 6.07) is 8.48. The number of nitrogens with zero attached hydrogens (tertiary/aromatic N) is 2. The Morgan fingerprint density at radius 2 is 2.06 bits per heavy atom. The maximum atomic E-state index is 8.95. The molecule has 0 aliphatic carbocycles. The molecule has 16 heavy (non-hydrogen) atoms. The van der Waals surface area contributed by atoms with Gasteiger partial charge in [0, 0.05) is 22.7 Å². The fourth-order valence-electron chi connectivity index (χ4n) is 1.73. The van der Waals surface area contributed by atoms with Crippen molar-refractivity contribution in [2.45, 2.75) is 33.2 Å². The predicted molar refractivity (Wildman–Crippen MR) is 71.6 cm³/mol. The van der Waals surface area contributed by atoms with Gasteiger partial charge in [-0.25, -0.2) is 0 Å². The van der Waals surface area contributed by atoms with E-state index in [1.54, 1.807) is 0 Å². The smallest absolute Gasteiger partial charge is 0.0992 e. The molecule has 0 fully saturated rings. The molecular weight excluding hydrogens is 264 g/mol. The topological polar surface area (TPSA) is 27.0 Å². The summed E-state index contributed by atoms with van der Waals surface area (Å²) in [5.41, 5.74) is 1.81. The van der Waals surface area contributed by atoms with Crippen LogP contribution < -0.4 is 4.90 Å². The van der Waals surface area contributed by atoms with Crippen molar-refractivity contribution in [3.63, 3.8) is 0 Å². The number of hydrogen-bond acceptors (Lipinski definition) is 2. The van der Waals surface area contributed by atoms with E-state index >= 15 is 0 Å². The summed E-state index contributed by atoms with van der Waals surface area (Å²) < 4.78 is 0.961. The van der Waals surface area contributed by atoms with Crippen molar-refractivity contribution >= 4 is 21.6 Å². The molecule has 1 aromatic carbocycles. The second kappa shape index (κ2) is 5.91. The van der Waals surface area contributed by atoms with Gasteiger partial charge in [0.1, 0.15) is 0 Å². The lowest BCUT2D eigenvalue weighted by atomic mass is 10.1. The number of nitriles is 1. The van der Waals surface area contributed by atoms with E-state index in [4.69, 9.17) is 5.26 Å². The van der Waals surface area contributed by atoms with Gasteiger partial charge in [-0.2, -0.15) is 5.26 Å². The molecule has 0 heterocycles. The van der Waals surface area contributed by atoms with Crippen LogP contribution in [0, 0.1) is 11.3 Å². The predicted octanol–water partition coefficient (Wildman–Crippen LogP) is 3.95. The van der Waals surface area contributed by atoms with Gasteiger partial charge < -0.3 is 4.90 Å². The van der Waals surface area contributed by atoms with E-state index in [0.29, 0.717) is 11.6 Å². The zero-order chi connectivity index (χ0) is 12.1. The van der Waals surface area contributed by atoms with Crippen LogP contribution >= 0.6 is 15.9 Å². The van der Waals surface area contributed by atoms with Gasteiger partial charge in [0.25, 0.3) is 0 Å². The number of halogens is 1. The largest absolute Gasteiger partial charge is 0.369 e. The molecule has 0 saturated carbocycles. The molecule has 0 aromatic heterocycles. The third-order valence-electron chi connectivity index (χ3n) is 2.43. The minimum Gasteiger partial charge on any atom is -0.369 e. The number of hydrogen-bond donors (Lipinski definition) is 0. The minimum absolute atomic E-state index is 0.445. The van der Waals surface area contributed by atoms with Gasteiger partial charge in [-0.15, -0.1) is 0 Å². The Kier molecular flexibility index (Phi) is 4.82. The number of rotatable bonds is 4. The Labute approximate surface area is 106 Å². The van der Waals surface area contributed by atoms with E-state index in [9.17, 15) is 0 Å². The van der Waals surface area contributed by atoms with Crippen molar-refractivity contribution in [2.24, 2.45) is 0 Å². The zero-order valence-corrected chi connectivity index (χ0v) is 11.6. The molecule has 0 atom stereocenters. The molecule has 0 N–H and O–H groups in total. The first-order valence-electron chi connectivity index (χ1n) is 5.55. The summed E-state index contributed by atoms with van der Waals surface area (Å²) in [7, 11) is 0. The molecule has 0 saturated heterocycles. The maximum absolute atomic E-state index is 8.95. The number of anilines is 1. The molecule has 0 radical (unpaired) electrons. The number of benzene rings is 1. The quantitative estimate of drug-likeness (QED) is 0.835. The van der Waals surface area contributed by atoms with Crippen molar-refractivity contribution < 1.29 is 0 Å². The highest BCUT2D eigenvalue weighted by molar-refractivity contribution is 9.10. The van der Waals surface area contributed by atoms with Crippen molar-refractivity contribution in [2.75, 3.05) is 11.4 Å². The second-order valence-electron chi connectivity index (χ2n) is 4.10. The van der Waals surface area contributed by atoms with Gasteiger partial charge in [-0.05, 0) is 38.5 Å². The van der Waals surface area contributed by atoms with Crippen molar-refractivity contribution in [1.29, 1.82) is 5.26 Å². The van der Waals surface area contributed by atoms with E-state index in [1.165, 1.54) is 0 Å². The van der Waals surface area contributed by atoms with E-state index in [2.05, 4.69) is 53.7 Å². The van der Waals surface area contributed by atoms with Crippen molar-refractivity contribution in [3.8, 4) is 6.07 Å². The van der Waals surface area contributed by atoms with Crippen LogP contribution in [-0.2, 0) is 0 Å². The average molecular weight is 281 g/mol. The van der Waals surface area contributed by atoms with Crippen LogP contribution in [0.3, 0.4) is 0 Å². The summed E-state index contributed by atoms with van der Waals surface area (Å²) in [5, 5.41) is 8.95. The first-order valence-corrected chi connectivity index (χ1v) is 6.35. The third kappa shape index (κ3) is 3.24. The molecule has 0 amide bonds. The molecule has 0 aliphatic rings. The first-order chi connectivity index (χ1) is 7.58. The Morgan fingerprint density at radius 1 is 1.38 bits per heavy atom. The van der Waals surface area contributed by atoms with E-state index in [1.807, 2.05) is 12.1 Å². The normalized spacial score (nSPS) is 10.2. The Bertz CT molecular complexity index is 393. The van der Waals surface area contributed by atoms with Crippen molar-refractivity contribution in [3.05, 3.63) is 28.2 Å². The average Bonchev–Trinajstić information content (AvgIpc) is 2.24. The first kappa shape index (κ1) is 13.1. The molecular formula is C13H17BrN2. The van der Waals surface area contributed by atoms with Crippen LogP contribution in [0.15, 0.2) is 22.7 Å². The van der Waals surface area contributed by atoms with Gasteiger partial charge >= 0.3 is 0 Å². The summed E-state index contributed by atoms with van der Waals surface area (Å²) in [5.74, 6) is 0. The van der Waals surface area contributed by atoms with E-state index < -0.39 is 0 Å². The molecule has 0 bridgehead atoms. The van der Waals surface area contributed by atoms with E-state index in [0.717, 1.165) is 23.1 Å². The maximum Gasteiger partial charge on any atom is 0.0992 e. The summed E-state index contributed by atoms with van der Waals surface area (Å²) in [6.45, 7) is 7.52. The van der Waals surface area contributed by atoms with Gasteiger partial charge in [0.05, 0.1) is 11.6 Å². The zero-order valence-electron chi connectivity index (χ0n) is 10.00. The molecule has 3 heteroatoms. The third-order valence-corrected chi connectivity index (χ3v) is 2.89. The monoisotopic (exact) mass is 280 g/mol. The molecule has 0 spiro atoms. The second-order valence-corrected chi connectivity index (χ2v) is 5.01. The minimum atomic E-state index is 0.445.